The Balaban J connectivity index is 1.87. The molecular weight excluding hydrogens is 446 g/mol. The van der Waals surface area contributed by atoms with Crippen LogP contribution >= 0.6 is 0 Å². The number of rotatable bonds is 9. The molecule has 11 nitrogen and oxygen atoms in total. The average Bonchev–Trinajstić information content (AvgIpc) is 2.80. The minimum absolute atomic E-state index is 0.0594. The summed E-state index contributed by atoms with van der Waals surface area (Å²) in [5.74, 6) is 0.317. The first kappa shape index (κ1) is 24.8. The van der Waals surface area contributed by atoms with Gasteiger partial charge in [-0.15, -0.1) is 0 Å². The van der Waals surface area contributed by atoms with Gasteiger partial charge in [0.1, 0.15) is 6.33 Å². The molecule has 1 N–H and O–H groups in total. The lowest BCUT2D eigenvalue weighted by Gasteiger charge is -2.35. The lowest BCUT2D eigenvalue weighted by atomic mass is 10.0. The predicted molar refractivity (Wildman–Crippen MR) is 127 cm³/mol. The highest BCUT2D eigenvalue weighted by Crippen LogP contribution is 2.35. The molecule has 1 aromatic heterocycles. The third-order valence-corrected chi connectivity index (χ3v) is 8.08. The Morgan fingerprint density at radius 1 is 1.15 bits per heavy atom. The second kappa shape index (κ2) is 10.4. The molecule has 2 heterocycles. The van der Waals surface area contributed by atoms with Gasteiger partial charge >= 0.3 is 5.69 Å². The van der Waals surface area contributed by atoms with E-state index in [-0.39, 0.29) is 28.3 Å². The maximum absolute atomic E-state index is 12.7. The summed E-state index contributed by atoms with van der Waals surface area (Å²) in [5, 5.41) is 14.9. The lowest BCUT2D eigenvalue weighted by molar-refractivity contribution is -0.383. The molecule has 180 valence electrons. The summed E-state index contributed by atoms with van der Waals surface area (Å²) in [5.41, 5.74) is 0.280. The van der Waals surface area contributed by atoms with Gasteiger partial charge in [0.05, 0.1) is 9.82 Å². The van der Waals surface area contributed by atoms with E-state index >= 15 is 0 Å². The van der Waals surface area contributed by atoms with Crippen molar-refractivity contribution in [3.63, 3.8) is 0 Å². The van der Waals surface area contributed by atoms with E-state index < -0.39 is 14.9 Å². The number of nitrogens with one attached hydrogen (secondary N) is 1. The predicted octanol–water partition coefficient (Wildman–Crippen LogP) is 2.69. The van der Waals surface area contributed by atoms with Crippen LogP contribution in [0.15, 0.2) is 35.5 Å². The number of likely N-dealkylation sites (tertiary alicyclic amines) is 1. The van der Waals surface area contributed by atoms with Gasteiger partial charge in [-0.2, -0.15) is 4.31 Å². The second-order valence-corrected chi connectivity index (χ2v) is 9.97. The first-order valence-corrected chi connectivity index (χ1v) is 12.4. The van der Waals surface area contributed by atoms with Gasteiger partial charge in [-0.1, -0.05) is 13.8 Å². The number of anilines is 3. The summed E-state index contributed by atoms with van der Waals surface area (Å²) in [6.07, 6.45) is 3.08. The third kappa shape index (κ3) is 5.40. The van der Waals surface area contributed by atoms with E-state index in [1.807, 2.05) is 11.9 Å². The van der Waals surface area contributed by atoms with Gasteiger partial charge in [-0.05, 0) is 57.2 Å². The largest absolute Gasteiger partial charge is 0.353 e. The fourth-order valence-electron chi connectivity index (χ4n) is 4.00. The topological polar surface area (TPSA) is 125 Å². The van der Waals surface area contributed by atoms with Gasteiger partial charge in [-0.25, -0.2) is 18.4 Å². The molecular formula is C21H31N7O4S. The van der Waals surface area contributed by atoms with Gasteiger partial charge in [0, 0.05) is 31.9 Å². The molecule has 0 aliphatic carbocycles. The van der Waals surface area contributed by atoms with Crippen LogP contribution in [0.2, 0.25) is 0 Å². The molecule has 3 rings (SSSR count). The number of nitrogens with zero attached hydrogens (tertiary/aromatic N) is 6. The summed E-state index contributed by atoms with van der Waals surface area (Å²) < 4.78 is 26.7. The molecule has 0 atom stereocenters. The number of hydrogen-bond acceptors (Lipinski definition) is 9. The Morgan fingerprint density at radius 2 is 1.76 bits per heavy atom. The van der Waals surface area contributed by atoms with Crippen molar-refractivity contribution in [3.8, 4) is 0 Å². The number of sulfonamides is 1. The number of benzene rings is 1. The fourth-order valence-corrected chi connectivity index (χ4v) is 5.46. The Morgan fingerprint density at radius 3 is 2.30 bits per heavy atom. The van der Waals surface area contributed by atoms with E-state index in [2.05, 4.69) is 27.2 Å². The van der Waals surface area contributed by atoms with Gasteiger partial charge in [-0.3, -0.25) is 10.1 Å². The summed E-state index contributed by atoms with van der Waals surface area (Å²) in [7, 11) is 0.296. The van der Waals surface area contributed by atoms with Crippen LogP contribution in [0.5, 0.6) is 0 Å². The van der Waals surface area contributed by atoms with Crippen molar-refractivity contribution in [2.75, 3.05) is 50.5 Å². The number of aromatic nitrogens is 2. The smallest absolute Gasteiger partial charge is 0.351 e. The van der Waals surface area contributed by atoms with Crippen molar-refractivity contribution < 1.29 is 13.3 Å². The summed E-state index contributed by atoms with van der Waals surface area (Å²) in [4.78, 5) is 24.0. The van der Waals surface area contributed by atoms with E-state index in [1.165, 1.54) is 22.8 Å². The number of hydrogen-bond donors (Lipinski definition) is 1. The van der Waals surface area contributed by atoms with Crippen LogP contribution < -0.4 is 10.2 Å². The molecule has 1 fully saturated rings. The highest BCUT2D eigenvalue weighted by Gasteiger charge is 2.30. The Kier molecular flexibility index (Phi) is 7.82. The standard InChI is InChI=1S/C21H31N7O4S/c1-5-27(6-2)33(31,32)18-9-7-16(8-10-18)24-20-19(28(29)30)21(23-15-22-20)26(4)17-11-13-25(3)14-12-17/h7-10,15,17H,5-6,11-14H2,1-4H3,(H,22,23,24). The molecule has 0 radical (unpaired) electrons. The van der Waals surface area contributed by atoms with Crippen molar-refractivity contribution in [1.82, 2.24) is 19.2 Å². The summed E-state index contributed by atoms with van der Waals surface area (Å²) in [6, 6.07) is 6.25. The molecule has 0 saturated carbocycles. The monoisotopic (exact) mass is 477 g/mol. The van der Waals surface area contributed by atoms with Crippen molar-refractivity contribution in [2.24, 2.45) is 0 Å². The lowest BCUT2D eigenvalue weighted by Crippen LogP contribution is -2.42. The fraction of sp³-hybridized carbons (Fsp3) is 0.524. The first-order valence-electron chi connectivity index (χ1n) is 11.0. The highest BCUT2D eigenvalue weighted by molar-refractivity contribution is 7.89. The zero-order chi connectivity index (χ0) is 24.2. The molecule has 12 heteroatoms. The van der Waals surface area contributed by atoms with Crippen molar-refractivity contribution >= 4 is 33.0 Å². The Labute approximate surface area is 194 Å². The van der Waals surface area contributed by atoms with E-state index in [4.69, 9.17) is 0 Å². The molecule has 2 aromatic rings. The number of piperidine rings is 1. The van der Waals surface area contributed by atoms with Gasteiger partial charge in [0.15, 0.2) is 0 Å². The summed E-state index contributed by atoms with van der Waals surface area (Å²) >= 11 is 0. The van der Waals surface area contributed by atoms with Gasteiger partial charge < -0.3 is 15.1 Å². The van der Waals surface area contributed by atoms with E-state index in [1.54, 1.807) is 26.0 Å². The molecule has 1 aliphatic rings. The first-order chi connectivity index (χ1) is 15.7. The molecule has 33 heavy (non-hydrogen) atoms. The van der Waals surface area contributed by atoms with Crippen LogP contribution in [-0.2, 0) is 10.0 Å². The van der Waals surface area contributed by atoms with Crippen LogP contribution in [0.25, 0.3) is 0 Å². The van der Waals surface area contributed by atoms with Crippen LogP contribution in [0, 0.1) is 10.1 Å². The highest BCUT2D eigenvalue weighted by atomic mass is 32.2. The minimum Gasteiger partial charge on any atom is -0.351 e. The molecule has 0 spiro atoms. The van der Waals surface area contributed by atoms with E-state index in [0.29, 0.717) is 18.8 Å². The Bertz CT molecular complexity index is 1070. The van der Waals surface area contributed by atoms with Gasteiger partial charge in [0.2, 0.25) is 21.7 Å². The minimum atomic E-state index is -3.59. The van der Waals surface area contributed by atoms with Crippen molar-refractivity contribution in [1.29, 1.82) is 0 Å². The SMILES string of the molecule is CCN(CC)S(=O)(=O)c1ccc(Nc2ncnc(N(C)C3CCN(C)CC3)c2[N+](=O)[O-])cc1. The molecule has 0 amide bonds. The van der Waals surface area contributed by atoms with Crippen molar-refractivity contribution in [2.45, 2.75) is 37.6 Å². The average molecular weight is 478 g/mol. The van der Waals surface area contributed by atoms with E-state index in [0.717, 1.165) is 25.9 Å². The quantitative estimate of drug-likeness (QED) is 0.428. The molecule has 1 aromatic carbocycles. The maximum atomic E-state index is 12.7. The zero-order valence-corrected chi connectivity index (χ0v) is 20.2. The molecule has 0 unspecified atom stereocenters. The van der Waals surface area contributed by atoms with Crippen LogP contribution in [0.3, 0.4) is 0 Å². The zero-order valence-electron chi connectivity index (χ0n) is 19.4. The van der Waals surface area contributed by atoms with Crippen molar-refractivity contribution in [3.05, 3.63) is 40.7 Å². The van der Waals surface area contributed by atoms with Gasteiger partial charge in [0.25, 0.3) is 0 Å². The third-order valence-electron chi connectivity index (χ3n) is 6.02. The normalized spacial score (nSPS) is 15.5. The van der Waals surface area contributed by atoms with Crippen LogP contribution in [-0.4, -0.2) is 78.8 Å². The maximum Gasteiger partial charge on any atom is 0.353 e. The summed E-state index contributed by atoms with van der Waals surface area (Å²) in [6.45, 7) is 6.15. The number of nitro groups is 1. The second-order valence-electron chi connectivity index (χ2n) is 8.04. The van der Waals surface area contributed by atoms with Crippen LogP contribution in [0.4, 0.5) is 23.0 Å². The molecule has 1 aliphatic heterocycles. The Hall–Kier alpha value is -2.83. The molecule has 1 saturated heterocycles. The van der Waals surface area contributed by atoms with E-state index in [9.17, 15) is 18.5 Å². The van der Waals surface area contributed by atoms with Crippen LogP contribution in [0.1, 0.15) is 26.7 Å². The molecule has 0 bridgehead atoms.